The maximum atomic E-state index is 8.86. The van der Waals surface area contributed by atoms with Crippen molar-refractivity contribution in [3.63, 3.8) is 0 Å². The lowest BCUT2D eigenvalue weighted by Crippen LogP contribution is -2.05. The van der Waals surface area contributed by atoms with Crippen LogP contribution in [0.15, 0.2) is 30.3 Å². The van der Waals surface area contributed by atoms with Crippen molar-refractivity contribution < 1.29 is 9.84 Å². The molecule has 0 fully saturated rings. The van der Waals surface area contributed by atoms with Crippen molar-refractivity contribution in [2.45, 2.75) is 6.42 Å². The van der Waals surface area contributed by atoms with Crippen LogP contribution in [0, 0.1) is 0 Å². The van der Waals surface area contributed by atoms with Gasteiger partial charge in [-0.05, 0) is 24.1 Å². The summed E-state index contributed by atoms with van der Waals surface area (Å²) in [7, 11) is 0. The van der Waals surface area contributed by atoms with Gasteiger partial charge in [0.15, 0.2) is 0 Å². The van der Waals surface area contributed by atoms with Gasteiger partial charge < -0.3 is 9.84 Å². The van der Waals surface area contributed by atoms with Crippen molar-refractivity contribution in [3.8, 4) is 5.75 Å². The predicted molar refractivity (Wildman–Crippen MR) is 51.6 cm³/mol. The summed E-state index contributed by atoms with van der Waals surface area (Å²) in [5.74, 6) is 0.924. The second-order valence-electron chi connectivity index (χ2n) is 3.01. The maximum Gasteiger partial charge on any atom is 0.127 e. The van der Waals surface area contributed by atoms with Crippen molar-refractivity contribution >= 4 is 5.57 Å². The number of rotatable bonds is 2. The molecule has 0 amide bonds. The van der Waals surface area contributed by atoms with E-state index in [0.29, 0.717) is 13.0 Å². The Bertz CT molecular complexity index is 329. The molecule has 68 valence electrons. The molecule has 1 heterocycles. The average Bonchev–Trinajstić information content (AvgIpc) is 2.19. The zero-order valence-corrected chi connectivity index (χ0v) is 7.36. The Morgan fingerprint density at radius 2 is 2.15 bits per heavy atom. The Morgan fingerprint density at radius 3 is 3.00 bits per heavy atom. The molecule has 0 saturated carbocycles. The Kier molecular flexibility index (Phi) is 2.32. The van der Waals surface area contributed by atoms with E-state index in [1.165, 1.54) is 5.57 Å². The molecule has 0 aromatic heterocycles. The van der Waals surface area contributed by atoms with E-state index in [9.17, 15) is 0 Å². The molecule has 0 bridgehead atoms. The third-order valence-corrected chi connectivity index (χ3v) is 2.18. The molecule has 2 heteroatoms. The number of fused-ring (bicyclic) bond motifs is 1. The van der Waals surface area contributed by atoms with E-state index in [4.69, 9.17) is 9.84 Å². The van der Waals surface area contributed by atoms with Crippen LogP contribution in [0.3, 0.4) is 0 Å². The molecule has 1 aromatic carbocycles. The zero-order chi connectivity index (χ0) is 9.10. The molecule has 0 spiro atoms. The van der Waals surface area contributed by atoms with Crippen molar-refractivity contribution in [3.05, 3.63) is 35.9 Å². The SMILES string of the molecule is OCCC1=CCOc2ccccc21. The zero-order valence-electron chi connectivity index (χ0n) is 7.36. The molecule has 0 atom stereocenters. The lowest BCUT2D eigenvalue weighted by atomic mass is 10.0. The minimum atomic E-state index is 0.195. The van der Waals surface area contributed by atoms with Crippen LogP contribution in [-0.2, 0) is 0 Å². The largest absolute Gasteiger partial charge is 0.489 e. The molecule has 2 nitrogen and oxygen atoms in total. The molecule has 1 aliphatic rings. The normalized spacial score (nSPS) is 14.4. The molecular formula is C11H12O2. The molecule has 0 saturated heterocycles. The predicted octanol–water partition coefficient (Wildman–Crippen LogP) is 1.84. The summed E-state index contributed by atoms with van der Waals surface area (Å²) >= 11 is 0. The fourth-order valence-corrected chi connectivity index (χ4v) is 1.56. The fourth-order valence-electron chi connectivity index (χ4n) is 1.56. The van der Waals surface area contributed by atoms with Crippen LogP contribution < -0.4 is 4.74 Å². The van der Waals surface area contributed by atoms with Crippen LogP contribution in [-0.4, -0.2) is 18.3 Å². The molecule has 1 N–H and O–H groups in total. The highest BCUT2D eigenvalue weighted by Crippen LogP contribution is 2.30. The summed E-state index contributed by atoms with van der Waals surface area (Å²) < 4.78 is 5.44. The number of ether oxygens (including phenoxy) is 1. The van der Waals surface area contributed by atoms with Gasteiger partial charge in [0, 0.05) is 12.2 Å². The smallest absolute Gasteiger partial charge is 0.127 e. The topological polar surface area (TPSA) is 29.5 Å². The van der Waals surface area contributed by atoms with Crippen LogP contribution >= 0.6 is 0 Å². The van der Waals surface area contributed by atoms with Crippen molar-refractivity contribution in [1.29, 1.82) is 0 Å². The third kappa shape index (κ3) is 1.58. The lowest BCUT2D eigenvalue weighted by Gasteiger charge is -2.17. The molecule has 0 unspecified atom stereocenters. The first kappa shape index (κ1) is 8.32. The fraction of sp³-hybridized carbons (Fsp3) is 0.273. The molecule has 1 aliphatic heterocycles. The summed E-state index contributed by atoms with van der Waals surface area (Å²) in [4.78, 5) is 0. The van der Waals surface area contributed by atoms with Gasteiger partial charge >= 0.3 is 0 Å². The van der Waals surface area contributed by atoms with Crippen molar-refractivity contribution in [2.75, 3.05) is 13.2 Å². The van der Waals surface area contributed by atoms with E-state index in [1.54, 1.807) is 0 Å². The Morgan fingerprint density at radius 1 is 1.31 bits per heavy atom. The first-order valence-electron chi connectivity index (χ1n) is 4.44. The molecule has 0 radical (unpaired) electrons. The first-order chi connectivity index (χ1) is 6.42. The number of hydrogen-bond donors (Lipinski definition) is 1. The second-order valence-corrected chi connectivity index (χ2v) is 3.01. The molecule has 13 heavy (non-hydrogen) atoms. The van der Waals surface area contributed by atoms with Crippen LogP contribution in [0.1, 0.15) is 12.0 Å². The maximum absolute atomic E-state index is 8.86. The Hall–Kier alpha value is -1.28. The Balaban J connectivity index is 2.36. The van der Waals surface area contributed by atoms with Gasteiger partial charge in [-0.15, -0.1) is 0 Å². The number of aliphatic hydroxyl groups excluding tert-OH is 1. The van der Waals surface area contributed by atoms with E-state index in [1.807, 2.05) is 30.3 Å². The summed E-state index contributed by atoms with van der Waals surface area (Å²) in [5, 5.41) is 8.86. The summed E-state index contributed by atoms with van der Waals surface area (Å²) in [6.07, 6.45) is 2.74. The molecular weight excluding hydrogens is 164 g/mol. The van der Waals surface area contributed by atoms with Crippen molar-refractivity contribution in [1.82, 2.24) is 0 Å². The third-order valence-electron chi connectivity index (χ3n) is 2.18. The van der Waals surface area contributed by atoms with E-state index in [0.717, 1.165) is 11.3 Å². The number of benzene rings is 1. The summed E-state index contributed by atoms with van der Waals surface area (Å²) in [6, 6.07) is 7.93. The average molecular weight is 176 g/mol. The van der Waals surface area contributed by atoms with Gasteiger partial charge in [0.25, 0.3) is 0 Å². The molecule has 1 aromatic rings. The molecule has 2 rings (SSSR count). The first-order valence-corrected chi connectivity index (χ1v) is 4.44. The van der Waals surface area contributed by atoms with E-state index >= 15 is 0 Å². The van der Waals surface area contributed by atoms with E-state index in [2.05, 4.69) is 0 Å². The number of hydrogen-bond acceptors (Lipinski definition) is 2. The van der Waals surface area contributed by atoms with Crippen LogP contribution in [0.5, 0.6) is 5.75 Å². The van der Waals surface area contributed by atoms with Gasteiger partial charge in [0.2, 0.25) is 0 Å². The lowest BCUT2D eigenvalue weighted by molar-refractivity contribution is 0.303. The van der Waals surface area contributed by atoms with Gasteiger partial charge in [-0.25, -0.2) is 0 Å². The number of para-hydroxylation sites is 1. The van der Waals surface area contributed by atoms with Gasteiger partial charge in [0.1, 0.15) is 12.4 Å². The summed E-state index contributed by atoms with van der Waals surface area (Å²) in [6.45, 7) is 0.812. The van der Waals surface area contributed by atoms with Crippen LogP contribution in [0.2, 0.25) is 0 Å². The summed E-state index contributed by atoms with van der Waals surface area (Å²) in [5.41, 5.74) is 2.30. The highest BCUT2D eigenvalue weighted by atomic mass is 16.5. The Labute approximate surface area is 77.5 Å². The van der Waals surface area contributed by atoms with Gasteiger partial charge in [0.05, 0.1) is 0 Å². The van der Waals surface area contributed by atoms with E-state index in [-0.39, 0.29) is 6.61 Å². The highest BCUT2D eigenvalue weighted by molar-refractivity contribution is 5.72. The minimum Gasteiger partial charge on any atom is -0.489 e. The monoisotopic (exact) mass is 176 g/mol. The van der Waals surface area contributed by atoms with Crippen LogP contribution in [0.25, 0.3) is 5.57 Å². The number of aliphatic hydroxyl groups is 1. The highest BCUT2D eigenvalue weighted by Gasteiger charge is 2.11. The second kappa shape index (κ2) is 3.62. The van der Waals surface area contributed by atoms with E-state index < -0.39 is 0 Å². The minimum absolute atomic E-state index is 0.195. The quantitative estimate of drug-likeness (QED) is 0.745. The van der Waals surface area contributed by atoms with Gasteiger partial charge in [-0.2, -0.15) is 0 Å². The standard InChI is InChI=1S/C11H12O2/c12-7-5-9-6-8-13-11-4-2-1-3-10(9)11/h1-4,6,12H,5,7-8H2. The molecule has 0 aliphatic carbocycles. The van der Waals surface area contributed by atoms with Gasteiger partial charge in [-0.3, -0.25) is 0 Å². The van der Waals surface area contributed by atoms with Gasteiger partial charge in [-0.1, -0.05) is 18.2 Å². The van der Waals surface area contributed by atoms with Crippen LogP contribution in [0.4, 0.5) is 0 Å². The van der Waals surface area contributed by atoms with Crippen molar-refractivity contribution in [2.24, 2.45) is 0 Å².